The molecule has 0 saturated carbocycles. The van der Waals surface area contributed by atoms with Gasteiger partial charge in [0.15, 0.2) is 23.3 Å². The van der Waals surface area contributed by atoms with Crippen molar-refractivity contribution in [2.75, 3.05) is 0 Å². The van der Waals surface area contributed by atoms with Gasteiger partial charge in [0, 0.05) is 33.6 Å². The van der Waals surface area contributed by atoms with Gasteiger partial charge in [-0.2, -0.15) is 0 Å². The van der Waals surface area contributed by atoms with Crippen LogP contribution in [-0.4, -0.2) is 24.9 Å². The number of aryl methyl sites for hydroxylation is 2. The lowest BCUT2D eigenvalue weighted by molar-refractivity contribution is 1.06. The maximum absolute atomic E-state index is 5.13. The molecule has 5 heteroatoms. The summed E-state index contributed by atoms with van der Waals surface area (Å²) in [6.45, 7) is 4.01. The van der Waals surface area contributed by atoms with Gasteiger partial charge in [-0.15, -0.1) is 0 Å². The van der Waals surface area contributed by atoms with Crippen LogP contribution in [0.5, 0.6) is 0 Å². The molecule has 10 rings (SSSR count). The molecule has 0 N–H and O–H groups in total. The molecule has 0 aliphatic rings. The SMILES string of the molecule is Cc1cc(C)nc(-c2ccc(-c3cc(-c4ccc5c6ccccc6c6ccccc6c5c4)cc(-c4nc(-c5ccccc5)nc(-c5ccccc5)n4)c3)cc2)n1. The van der Waals surface area contributed by atoms with Crippen molar-refractivity contribution in [1.29, 1.82) is 0 Å². The van der Waals surface area contributed by atoms with Crippen LogP contribution in [0.3, 0.4) is 0 Å². The van der Waals surface area contributed by atoms with Gasteiger partial charge in [-0.05, 0) is 98.8 Å². The monoisotopic (exact) mass is 717 g/mol. The molecule has 0 unspecified atom stereocenters. The van der Waals surface area contributed by atoms with Crippen molar-refractivity contribution in [3.05, 3.63) is 187 Å². The molecule has 8 aromatic carbocycles. The Morgan fingerprint density at radius 1 is 0.232 bits per heavy atom. The summed E-state index contributed by atoms with van der Waals surface area (Å²) in [5.74, 6) is 2.59. The quantitative estimate of drug-likeness (QED) is 0.160. The van der Waals surface area contributed by atoms with Crippen molar-refractivity contribution in [3.63, 3.8) is 0 Å². The molecule has 2 aromatic heterocycles. The van der Waals surface area contributed by atoms with E-state index in [-0.39, 0.29) is 0 Å². The molecule has 0 saturated heterocycles. The van der Waals surface area contributed by atoms with Gasteiger partial charge in [0.2, 0.25) is 0 Å². The molecule has 0 spiro atoms. The molecular formula is C51H35N5. The standard InChI is InChI=1S/C51H35N5/c1-32-27-33(2)53-48(52-32)37-23-21-34(22-24-37)39-28-40(38-25-26-46-44-19-10-9-17-42(44)43-18-11-12-20-45(43)47(46)31-38)30-41(29-39)51-55-49(35-13-5-3-6-14-35)54-50(56-51)36-15-7-4-8-16-36/h3-31H,1-2H3. The van der Waals surface area contributed by atoms with E-state index in [4.69, 9.17) is 24.9 Å². The first-order chi connectivity index (χ1) is 27.5. The fourth-order valence-corrected chi connectivity index (χ4v) is 7.78. The minimum absolute atomic E-state index is 0.610. The number of nitrogens with zero attached hydrogens (tertiary/aromatic N) is 5. The van der Waals surface area contributed by atoms with Crippen molar-refractivity contribution in [1.82, 2.24) is 24.9 Å². The topological polar surface area (TPSA) is 64.5 Å². The Balaban J connectivity index is 1.19. The Morgan fingerprint density at radius 2 is 0.589 bits per heavy atom. The molecule has 0 atom stereocenters. The fourth-order valence-electron chi connectivity index (χ4n) is 7.78. The lowest BCUT2D eigenvalue weighted by Crippen LogP contribution is -2.00. The third kappa shape index (κ3) is 6.15. The molecule has 0 fully saturated rings. The largest absolute Gasteiger partial charge is 0.233 e. The average molecular weight is 718 g/mol. The molecule has 0 radical (unpaired) electrons. The predicted molar refractivity (Wildman–Crippen MR) is 230 cm³/mol. The highest BCUT2D eigenvalue weighted by molar-refractivity contribution is 6.25. The van der Waals surface area contributed by atoms with Crippen molar-refractivity contribution < 1.29 is 0 Å². The predicted octanol–water partition coefficient (Wildman–Crippen LogP) is 12.7. The Bertz CT molecular complexity index is 2970. The Morgan fingerprint density at radius 3 is 1.12 bits per heavy atom. The van der Waals surface area contributed by atoms with Crippen LogP contribution in [-0.2, 0) is 0 Å². The van der Waals surface area contributed by atoms with E-state index in [1.165, 1.54) is 32.3 Å². The van der Waals surface area contributed by atoms with E-state index in [0.717, 1.165) is 61.7 Å². The van der Waals surface area contributed by atoms with E-state index in [1.54, 1.807) is 0 Å². The zero-order valence-electron chi connectivity index (χ0n) is 31.0. The van der Waals surface area contributed by atoms with E-state index >= 15 is 0 Å². The first-order valence-corrected chi connectivity index (χ1v) is 18.8. The number of hydrogen-bond donors (Lipinski definition) is 0. The summed E-state index contributed by atoms with van der Waals surface area (Å²) in [6.07, 6.45) is 0. The number of aromatic nitrogens is 5. The van der Waals surface area contributed by atoms with Gasteiger partial charge in [0.1, 0.15) is 0 Å². The first-order valence-electron chi connectivity index (χ1n) is 18.8. The van der Waals surface area contributed by atoms with E-state index < -0.39 is 0 Å². The normalized spacial score (nSPS) is 11.4. The number of benzene rings is 8. The van der Waals surface area contributed by atoms with Crippen molar-refractivity contribution in [2.45, 2.75) is 13.8 Å². The number of fused-ring (bicyclic) bond motifs is 6. The molecule has 10 aromatic rings. The lowest BCUT2D eigenvalue weighted by Gasteiger charge is -2.14. The van der Waals surface area contributed by atoms with Gasteiger partial charge in [-0.1, -0.05) is 146 Å². The molecule has 5 nitrogen and oxygen atoms in total. The van der Waals surface area contributed by atoms with Gasteiger partial charge >= 0.3 is 0 Å². The lowest BCUT2D eigenvalue weighted by atomic mass is 9.90. The second-order valence-corrected chi connectivity index (χ2v) is 14.2. The Hall–Kier alpha value is -7.37. The smallest absolute Gasteiger partial charge is 0.164 e. The third-order valence-corrected chi connectivity index (χ3v) is 10.4. The first kappa shape index (κ1) is 33.2. The van der Waals surface area contributed by atoms with Crippen molar-refractivity contribution >= 4 is 32.3 Å². The Kier molecular flexibility index (Phi) is 8.19. The second kappa shape index (κ2) is 13.8. The minimum atomic E-state index is 0.610. The van der Waals surface area contributed by atoms with Crippen LogP contribution in [0.25, 0.3) is 100 Å². The van der Waals surface area contributed by atoms with Gasteiger partial charge in [0.05, 0.1) is 0 Å². The zero-order valence-corrected chi connectivity index (χ0v) is 31.0. The molecule has 2 heterocycles. The molecular weight excluding hydrogens is 683 g/mol. The van der Waals surface area contributed by atoms with E-state index in [9.17, 15) is 0 Å². The van der Waals surface area contributed by atoms with Crippen molar-refractivity contribution in [3.8, 4) is 67.8 Å². The summed E-state index contributed by atoms with van der Waals surface area (Å²) in [5.41, 5.74) is 9.95. The van der Waals surface area contributed by atoms with Crippen LogP contribution in [0.15, 0.2) is 176 Å². The molecule has 56 heavy (non-hydrogen) atoms. The highest BCUT2D eigenvalue weighted by Crippen LogP contribution is 2.39. The minimum Gasteiger partial charge on any atom is -0.233 e. The third-order valence-electron chi connectivity index (χ3n) is 10.4. The number of rotatable bonds is 6. The maximum Gasteiger partial charge on any atom is 0.164 e. The van der Waals surface area contributed by atoms with Gasteiger partial charge in [-0.25, -0.2) is 24.9 Å². The maximum atomic E-state index is 5.13. The van der Waals surface area contributed by atoms with Gasteiger partial charge in [-0.3, -0.25) is 0 Å². The molecule has 0 bridgehead atoms. The van der Waals surface area contributed by atoms with Crippen LogP contribution in [0.2, 0.25) is 0 Å². The summed E-state index contributed by atoms with van der Waals surface area (Å²) in [5, 5.41) is 7.46. The highest BCUT2D eigenvalue weighted by Gasteiger charge is 2.16. The van der Waals surface area contributed by atoms with E-state index in [0.29, 0.717) is 17.5 Å². The molecule has 0 aliphatic carbocycles. The summed E-state index contributed by atoms with van der Waals surface area (Å²) in [7, 11) is 0. The van der Waals surface area contributed by atoms with Crippen LogP contribution < -0.4 is 0 Å². The summed E-state index contributed by atoms with van der Waals surface area (Å²) in [4.78, 5) is 24.6. The fraction of sp³-hybridized carbons (Fsp3) is 0.0392. The van der Waals surface area contributed by atoms with Crippen molar-refractivity contribution in [2.24, 2.45) is 0 Å². The van der Waals surface area contributed by atoms with Crippen LogP contribution in [0.4, 0.5) is 0 Å². The van der Waals surface area contributed by atoms with Crippen LogP contribution in [0.1, 0.15) is 11.4 Å². The molecule has 264 valence electrons. The van der Waals surface area contributed by atoms with Gasteiger partial charge in [0.25, 0.3) is 0 Å². The summed E-state index contributed by atoms with van der Waals surface area (Å²) in [6, 6.07) is 61.7. The second-order valence-electron chi connectivity index (χ2n) is 14.2. The van der Waals surface area contributed by atoms with E-state index in [1.807, 2.05) is 80.6 Å². The molecule has 0 amide bonds. The zero-order chi connectivity index (χ0) is 37.6. The summed E-state index contributed by atoms with van der Waals surface area (Å²) >= 11 is 0. The molecule has 0 aliphatic heterocycles. The van der Waals surface area contributed by atoms with Crippen LogP contribution in [0, 0.1) is 13.8 Å². The van der Waals surface area contributed by atoms with Gasteiger partial charge < -0.3 is 0 Å². The van der Waals surface area contributed by atoms with Crippen LogP contribution >= 0.6 is 0 Å². The Labute approximate surface area is 325 Å². The van der Waals surface area contributed by atoms with E-state index in [2.05, 4.69) is 109 Å². The highest BCUT2D eigenvalue weighted by atomic mass is 15.0. The average Bonchev–Trinajstić information content (AvgIpc) is 3.26. The number of hydrogen-bond acceptors (Lipinski definition) is 5. The summed E-state index contributed by atoms with van der Waals surface area (Å²) < 4.78 is 0.